The van der Waals surface area contributed by atoms with E-state index in [4.69, 9.17) is 9.57 Å². The SMILES string of the molecule is CCOCCN1CC(C(=O)N[C@@H]2CCc3cc(C4NOC(CC)N4)ccc32)CN1. The lowest BCUT2D eigenvalue weighted by Crippen LogP contribution is -2.36. The Morgan fingerprint density at radius 3 is 3.07 bits per heavy atom. The molecular weight excluding hydrogens is 370 g/mol. The molecular formula is C21H33N5O3. The van der Waals surface area contributed by atoms with Crippen LogP contribution < -0.4 is 21.5 Å². The third-order valence-corrected chi connectivity index (χ3v) is 6.03. The van der Waals surface area contributed by atoms with E-state index >= 15 is 0 Å². The molecule has 3 aliphatic rings. The average molecular weight is 404 g/mol. The molecule has 2 fully saturated rings. The number of hydrogen-bond donors (Lipinski definition) is 4. The summed E-state index contributed by atoms with van der Waals surface area (Å²) < 4.78 is 5.40. The highest BCUT2D eigenvalue weighted by atomic mass is 16.7. The number of nitrogens with zero attached hydrogens (tertiary/aromatic N) is 1. The molecule has 4 rings (SSSR count). The Morgan fingerprint density at radius 1 is 1.38 bits per heavy atom. The predicted molar refractivity (Wildman–Crippen MR) is 109 cm³/mol. The van der Waals surface area contributed by atoms with Crippen molar-refractivity contribution >= 4 is 5.91 Å². The van der Waals surface area contributed by atoms with Crippen molar-refractivity contribution in [2.24, 2.45) is 5.92 Å². The second-order valence-corrected chi connectivity index (χ2v) is 7.99. The van der Waals surface area contributed by atoms with Gasteiger partial charge in [0.1, 0.15) is 12.4 Å². The molecule has 3 unspecified atom stereocenters. The number of ether oxygens (including phenoxy) is 1. The molecule has 1 aromatic rings. The van der Waals surface area contributed by atoms with Crippen LogP contribution in [-0.4, -0.2) is 50.0 Å². The number of fused-ring (bicyclic) bond motifs is 1. The summed E-state index contributed by atoms with van der Waals surface area (Å²) in [4.78, 5) is 18.3. The lowest BCUT2D eigenvalue weighted by Gasteiger charge is -2.18. The van der Waals surface area contributed by atoms with Crippen LogP contribution >= 0.6 is 0 Å². The Morgan fingerprint density at radius 2 is 2.28 bits per heavy atom. The number of hydroxylamine groups is 1. The Labute approximate surface area is 172 Å². The van der Waals surface area contributed by atoms with E-state index in [-0.39, 0.29) is 30.3 Å². The van der Waals surface area contributed by atoms with Gasteiger partial charge in [-0.05, 0) is 42.9 Å². The first-order valence-corrected chi connectivity index (χ1v) is 10.8. The van der Waals surface area contributed by atoms with E-state index in [2.05, 4.69) is 51.7 Å². The van der Waals surface area contributed by atoms with Crippen molar-refractivity contribution in [2.75, 3.05) is 32.8 Å². The minimum absolute atomic E-state index is 0.0186. The molecule has 4 atom stereocenters. The van der Waals surface area contributed by atoms with Crippen LogP contribution in [0, 0.1) is 5.92 Å². The Kier molecular flexibility index (Phi) is 6.79. The summed E-state index contributed by atoms with van der Waals surface area (Å²) >= 11 is 0. The van der Waals surface area contributed by atoms with E-state index in [1.165, 1.54) is 16.7 Å². The van der Waals surface area contributed by atoms with Gasteiger partial charge in [-0.3, -0.25) is 20.4 Å². The van der Waals surface area contributed by atoms with Crippen molar-refractivity contribution in [1.29, 1.82) is 0 Å². The first-order valence-electron chi connectivity index (χ1n) is 10.8. The second kappa shape index (κ2) is 9.51. The number of aryl methyl sites for hydroxylation is 1. The van der Waals surface area contributed by atoms with Crippen molar-refractivity contribution in [3.05, 3.63) is 34.9 Å². The topological polar surface area (TPSA) is 86.9 Å². The number of carbonyl (C=O) groups is 1. The van der Waals surface area contributed by atoms with Crippen LogP contribution in [0.1, 0.15) is 55.6 Å². The van der Waals surface area contributed by atoms with Gasteiger partial charge in [0, 0.05) is 26.2 Å². The minimum Gasteiger partial charge on any atom is -0.380 e. The van der Waals surface area contributed by atoms with Gasteiger partial charge >= 0.3 is 0 Å². The minimum atomic E-state index is -0.0186. The lowest BCUT2D eigenvalue weighted by atomic mass is 10.0. The first kappa shape index (κ1) is 20.7. The standard InChI is InChI=1S/C21H33N5O3/c1-3-19-24-20(25-29-19)15-5-7-17-14(11-15)6-8-18(17)23-21(27)16-12-22-26(13-16)9-10-28-4-2/h5,7,11,16,18-20,22,24-25H,3-4,6,8-10,12-13H2,1-2H3,(H,23,27)/t16?,18-,19?,20?/m1/s1. The van der Waals surface area contributed by atoms with Gasteiger partial charge in [-0.15, -0.1) is 0 Å². The molecule has 160 valence electrons. The fourth-order valence-electron chi connectivity index (χ4n) is 4.33. The van der Waals surface area contributed by atoms with Crippen molar-refractivity contribution in [1.82, 2.24) is 26.5 Å². The van der Waals surface area contributed by atoms with E-state index in [1.54, 1.807) is 0 Å². The number of nitrogens with one attached hydrogen (secondary N) is 4. The van der Waals surface area contributed by atoms with Crippen molar-refractivity contribution in [2.45, 2.75) is 51.5 Å². The Balaban J connectivity index is 1.31. The van der Waals surface area contributed by atoms with Gasteiger partial charge in [0.25, 0.3) is 0 Å². The van der Waals surface area contributed by atoms with Crippen LogP contribution in [0.25, 0.3) is 0 Å². The molecule has 2 aliphatic heterocycles. The highest BCUT2D eigenvalue weighted by molar-refractivity contribution is 5.80. The number of carbonyl (C=O) groups excluding carboxylic acids is 1. The maximum Gasteiger partial charge on any atom is 0.226 e. The molecule has 1 amide bonds. The smallest absolute Gasteiger partial charge is 0.226 e. The monoisotopic (exact) mass is 403 g/mol. The Bertz CT molecular complexity index is 716. The molecule has 4 N–H and O–H groups in total. The van der Waals surface area contributed by atoms with Crippen molar-refractivity contribution < 1.29 is 14.4 Å². The highest BCUT2D eigenvalue weighted by Crippen LogP contribution is 2.33. The summed E-state index contributed by atoms with van der Waals surface area (Å²) in [6, 6.07) is 6.63. The van der Waals surface area contributed by atoms with E-state index in [9.17, 15) is 4.79 Å². The van der Waals surface area contributed by atoms with Crippen molar-refractivity contribution in [3.63, 3.8) is 0 Å². The van der Waals surface area contributed by atoms with E-state index < -0.39 is 0 Å². The quantitative estimate of drug-likeness (QED) is 0.484. The normalized spacial score (nSPS) is 29.3. The summed E-state index contributed by atoms with van der Waals surface area (Å²) in [5.41, 5.74) is 10.1. The molecule has 0 aromatic heterocycles. The van der Waals surface area contributed by atoms with Gasteiger partial charge in [0.15, 0.2) is 0 Å². The second-order valence-electron chi connectivity index (χ2n) is 7.99. The third-order valence-electron chi connectivity index (χ3n) is 6.03. The molecule has 0 radical (unpaired) electrons. The van der Waals surface area contributed by atoms with Gasteiger partial charge in [-0.25, -0.2) is 5.01 Å². The number of hydrazine groups is 1. The van der Waals surface area contributed by atoms with Gasteiger partial charge in [-0.1, -0.05) is 25.1 Å². The largest absolute Gasteiger partial charge is 0.380 e. The molecule has 1 aliphatic carbocycles. The molecule has 2 heterocycles. The van der Waals surface area contributed by atoms with Gasteiger partial charge < -0.3 is 10.1 Å². The molecule has 8 nitrogen and oxygen atoms in total. The molecule has 8 heteroatoms. The summed E-state index contributed by atoms with van der Waals surface area (Å²) in [5.74, 6) is 0.117. The summed E-state index contributed by atoms with van der Waals surface area (Å²) in [5, 5.41) is 8.79. The summed E-state index contributed by atoms with van der Waals surface area (Å²) in [6.07, 6.45) is 2.93. The number of benzene rings is 1. The van der Waals surface area contributed by atoms with E-state index in [0.717, 1.165) is 39.0 Å². The van der Waals surface area contributed by atoms with Crippen molar-refractivity contribution in [3.8, 4) is 0 Å². The van der Waals surface area contributed by atoms with E-state index in [1.807, 2.05) is 6.92 Å². The fraction of sp³-hybridized carbons (Fsp3) is 0.667. The Hall–Kier alpha value is -1.55. The summed E-state index contributed by atoms with van der Waals surface area (Å²) in [6.45, 7) is 7.72. The zero-order valence-electron chi connectivity index (χ0n) is 17.4. The van der Waals surface area contributed by atoms with E-state index in [0.29, 0.717) is 13.2 Å². The first-order chi connectivity index (χ1) is 14.2. The maximum atomic E-state index is 12.8. The summed E-state index contributed by atoms with van der Waals surface area (Å²) in [7, 11) is 0. The number of hydrogen-bond acceptors (Lipinski definition) is 7. The molecule has 29 heavy (non-hydrogen) atoms. The predicted octanol–water partition coefficient (Wildman–Crippen LogP) is 1.12. The van der Waals surface area contributed by atoms with Crippen LogP contribution in [0.15, 0.2) is 18.2 Å². The zero-order chi connectivity index (χ0) is 20.2. The van der Waals surface area contributed by atoms with Crippen LogP contribution in [0.5, 0.6) is 0 Å². The molecule has 0 bridgehead atoms. The molecule has 1 aromatic carbocycles. The lowest BCUT2D eigenvalue weighted by molar-refractivity contribution is -0.125. The number of amides is 1. The zero-order valence-corrected chi connectivity index (χ0v) is 17.4. The van der Waals surface area contributed by atoms with Crippen LogP contribution in [0.3, 0.4) is 0 Å². The molecule has 0 spiro atoms. The van der Waals surface area contributed by atoms with Gasteiger partial charge in [-0.2, -0.15) is 5.48 Å². The fourth-order valence-corrected chi connectivity index (χ4v) is 4.33. The van der Waals surface area contributed by atoms with Crippen LogP contribution in [-0.2, 0) is 20.8 Å². The number of rotatable bonds is 8. The highest BCUT2D eigenvalue weighted by Gasteiger charge is 2.32. The molecule has 2 saturated heterocycles. The van der Waals surface area contributed by atoms with Crippen LogP contribution in [0.4, 0.5) is 0 Å². The van der Waals surface area contributed by atoms with Gasteiger partial charge in [0.05, 0.1) is 18.6 Å². The molecule has 0 saturated carbocycles. The third kappa shape index (κ3) is 4.79. The average Bonchev–Trinajstić information content (AvgIpc) is 3.48. The van der Waals surface area contributed by atoms with Crippen LogP contribution in [0.2, 0.25) is 0 Å². The maximum absolute atomic E-state index is 12.8. The van der Waals surface area contributed by atoms with Gasteiger partial charge in [0.2, 0.25) is 5.91 Å².